The number of nitro benzene ring substituents is 1. The third kappa shape index (κ3) is 3.19. The van der Waals surface area contributed by atoms with E-state index in [4.69, 9.17) is 4.74 Å². The number of carbonyl (C=O) groups is 2. The van der Waals surface area contributed by atoms with Crippen molar-refractivity contribution < 1.29 is 19.2 Å². The van der Waals surface area contributed by atoms with E-state index < -0.39 is 21.7 Å². The zero-order valence-electron chi connectivity index (χ0n) is 14.8. The summed E-state index contributed by atoms with van der Waals surface area (Å²) in [5.41, 5.74) is 0.587. The van der Waals surface area contributed by atoms with Crippen molar-refractivity contribution >= 4 is 29.3 Å². The molecule has 0 bridgehead atoms. The summed E-state index contributed by atoms with van der Waals surface area (Å²) in [6.07, 6.45) is 1.85. The fourth-order valence-corrected chi connectivity index (χ4v) is 5.23. The highest BCUT2D eigenvalue weighted by atomic mass is 32.2. The molecule has 2 aliphatic rings. The Morgan fingerprint density at radius 2 is 2.18 bits per heavy atom. The molecule has 0 radical (unpaired) electrons. The molecule has 0 saturated carbocycles. The van der Waals surface area contributed by atoms with Crippen LogP contribution in [0.2, 0.25) is 0 Å². The van der Waals surface area contributed by atoms with Crippen LogP contribution in [0.15, 0.2) is 30.6 Å². The highest BCUT2D eigenvalue weighted by Crippen LogP contribution is 2.51. The third-order valence-electron chi connectivity index (χ3n) is 4.83. The fraction of sp³-hybridized carbons (Fsp3) is 0.438. The van der Waals surface area contributed by atoms with Gasteiger partial charge in [0.15, 0.2) is 0 Å². The lowest BCUT2D eigenvalue weighted by molar-refractivity contribution is -0.384. The number of carbonyl (C=O) groups excluding carboxylic acids is 2. The Hall–Kier alpha value is -3.02. The van der Waals surface area contributed by atoms with Gasteiger partial charge in [-0.1, -0.05) is 0 Å². The van der Waals surface area contributed by atoms with Gasteiger partial charge in [-0.2, -0.15) is 0 Å². The van der Waals surface area contributed by atoms with Gasteiger partial charge in [0.05, 0.1) is 28.0 Å². The van der Waals surface area contributed by atoms with Gasteiger partial charge in [0.2, 0.25) is 5.91 Å². The molecular weight excluding hydrogens is 388 g/mol. The van der Waals surface area contributed by atoms with Crippen molar-refractivity contribution in [3.8, 4) is 0 Å². The first kappa shape index (κ1) is 18.3. The van der Waals surface area contributed by atoms with Crippen LogP contribution in [-0.2, 0) is 27.5 Å². The molecule has 2 aliphatic heterocycles. The molecule has 12 heteroatoms. The molecule has 2 aromatic rings. The smallest absolute Gasteiger partial charge is 0.330 e. The standard InChI is InChI=1S/C16H16N6O5S/c1-16(8-20-9-17-18-19-20)14(21-12(23)6-13(21)28-16)15(24)27-7-10-2-4-11(5-3-10)22(25)26/h2-5,9,13-14H,6-8H2,1H3/t13-,14-,16-/m0/s1. The molecule has 28 heavy (non-hydrogen) atoms. The molecule has 0 spiro atoms. The summed E-state index contributed by atoms with van der Waals surface area (Å²) in [7, 11) is 0. The SMILES string of the molecule is C[C@@]1(Cn2cnnn2)S[C@H]2CC(=O)N2[C@H]1C(=O)OCc1ccc([N+](=O)[O-])cc1. The quantitative estimate of drug-likeness (QED) is 0.296. The van der Waals surface area contributed by atoms with Crippen LogP contribution in [0.4, 0.5) is 5.69 Å². The van der Waals surface area contributed by atoms with Crippen molar-refractivity contribution in [3.63, 3.8) is 0 Å². The molecular formula is C16H16N6O5S. The van der Waals surface area contributed by atoms with Gasteiger partial charge in [0.25, 0.3) is 5.69 Å². The van der Waals surface area contributed by atoms with Crippen LogP contribution in [0.5, 0.6) is 0 Å². The monoisotopic (exact) mass is 404 g/mol. The number of tetrazole rings is 1. The summed E-state index contributed by atoms with van der Waals surface area (Å²) in [5.74, 6) is -0.604. The number of ether oxygens (including phenoxy) is 1. The van der Waals surface area contributed by atoms with E-state index >= 15 is 0 Å². The first-order chi connectivity index (χ1) is 13.4. The number of aromatic nitrogens is 4. The third-order valence-corrected chi connectivity index (χ3v) is 6.38. The van der Waals surface area contributed by atoms with E-state index in [1.807, 2.05) is 6.92 Å². The number of non-ortho nitro benzene ring substituents is 1. The number of esters is 1. The summed E-state index contributed by atoms with van der Waals surface area (Å²) in [5, 5.41) is 21.7. The second kappa shape index (κ2) is 6.86. The molecule has 11 nitrogen and oxygen atoms in total. The fourth-order valence-electron chi connectivity index (χ4n) is 3.49. The number of hydrogen-bond acceptors (Lipinski definition) is 9. The molecule has 3 atom stereocenters. The maximum Gasteiger partial charge on any atom is 0.330 e. The Kier molecular flexibility index (Phi) is 4.49. The summed E-state index contributed by atoms with van der Waals surface area (Å²) in [6, 6.07) is 5.02. The lowest BCUT2D eigenvalue weighted by Gasteiger charge is -2.37. The van der Waals surface area contributed by atoms with Crippen molar-refractivity contribution in [3.05, 3.63) is 46.3 Å². The maximum atomic E-state index is 12.9. The van der Waals surface area contributed by atoms with Crippen LogP contribution < -0.4 is 0 Å². The highest BCUT2D eigenvalue weighted by Gasteiger charge is 2.61. The van der Waals surface area contributed by atoms with Crippen LogP contribution in [-0.4, -0.2) is 58.1 Å². The van der Waals surface area contributed by atoms with Crippen molar-refractivity contribution in [2.24, 2.45) is 0 Å². The summed E-state index contributed by atoms with van der Waals surface area (Å²) in [6.45, 7) is 2.21. The van der Waals surface area contributed by atoms with E-state index in [2.05, 4.69) is 15.5 Å². The van der Waals surface area contributed by atoms with E-state index in [9.17, 15) is 19.7 Å². The lowest BCUT2D eigenvalue weighted by atomic mass is 9.96. The van der Waals surface area contributed by atoms with Gasteiger partial charge in [-0.15, -0.1) is 16.9 Å². The zero-order valence-corrected chi connectivity index (χ0v) is 15.6. The van der Waals surface area contributed by atoms with E-state index in [0.717, 1.165) is 0 Å². The number of rotatable bonds is 6. The topological polar surface area (TPSA) is 133 Å². The van der Waals surface area contributed by atoms with Crippen molar-refractivity contribution in [2.45, 2.75) is 42.7 Å². The van der Waals surface area contributed by atoms with Crippen LogP contribution in [0.25, 0.3) is 0 Å². The maximum absolute atomic E-state index is 12.9. The Balaban J connectivity index is 1.48. The van der Waals surface area contributed by atoms with Crippen molar-refractivity contribution in [1.82, 2.24) is 25.1 Å². The Morgan fingerprint density at radius 3 is 2.79 bits per heavy atom. The molecule has 2 saturated heterocycles. The second-order valence-electron chi connectivity index (χ2n) is 6.83. The van der Waals surface area contributed by atoms with Crippen molar-refractivity contribution in [1.29, 1.82) is 0 Å². The minimum absolute atomic E-state index is 0.0361. The Morgan fingerprint density at radius 1 is 1.43 bits per heavy atom. The predicted octanol–water partition coefficient (Wildman–Crippen LogP) is 0.757. The summed E-state index contributed by atoms with van der Waals surface area (Å²) in [4.78, 5) is 36.8. The van der Waals surface area contributed by atoms with Gasteiger partial charge in [-0.05, 0) is 35.0 Å². The number of benzene rings is 1. The van der Waals surface area contributed by atoms with Crippen LogP contribution in [0.1, 0.15) is 18.9 Å². The van der Waals surface area contributed by atoms with Crippen LogP contribution >= 0.6 is 11.8 Å². The molecule has 2 fully saturated rings. The average Bonchev–Trinajstić information content (AvgIpc) is 3.24. The number of β-lactam (4-membered cyclic amide) rings is 1. The van der Waals surface area contributed by atoms with Gasteiger partial charge in [0.1, 0.15) is 19.0 Å². The van der Waals surface area contributed by atoms with E-state index in [0.29, 0.717) is 18.5 Å². The molecule has 4 rings (SSSR count). The number of nitrogens with zero attached hydrogens (tertiary/aromatic N) is 6. The predicted molar refractivity (Wildman–Crippen MR) is 95.7 cm³/mol. The number of amides is 1. The van der Waals surface area contributed by atoms with Crippen molar-refractivity contribution in [2.75, 3.05) is 0 Å². The highest BCUT2D eigenvalue weighted by molar-refractivity contribution is 8.01. The first-order valence-electron chi connectivity index (χ1n) is 8.47. The minimum atomic E-state index is -0.758. The Labute approximate surface area is 163 Å². The van der Waals surface area contributed by atoms with Crippen LogP contribution in [0.3, 0.4) is 0 Å². The van der Waals surface area contributed by atoms with Gasteiger partial charge >= 0.3 is 5.97 Å². The second-order valence-corrected chi connectivity index (χ2v) is 8.54. The van der Waals surface area contributed by atoms with E-state index in [1.54, 1.807) is 16.7 Å². The van der Waals surface area contributed by atoms with Gasteiger partial charge < -0.3 is 9.64 Å². The molecule has 0 aliphatic carbocycles. The molecule has 0 unspecified atom stereocenters. The van der Waals surface area contributed by atoms with Crippen LogP contribution in [0, 0.1) is 10.1 Å². The first-order valence-corrected chi connectivity index (χ1v) is 9.35. The number of thioether (sulfide) groups is 1. The Bertz CT molecular complexity index is 920. The number of fused-ring (bicyclic) bond motifs is 1. The molecule has 0 N–H and O–H groups in total. The molecule has 1 aromatic carbocycles. The number of nitro groups is 1. The average molecular weight is 404 g/mol. The van der Waals surface area contributed by atoms with E-state index in [1.165, 1.54) is 35.3 Å². The van der Waals surface area contributed by atoms with Gasteiger partial charge in [0, 0.05) is 12.1 Å². The largest absolute Gasteiger partial charge is 0.459 e. The molecule has 3 heterocycles. The summed E-state index contributed by atoms with van der Waals surface area (Å²) < 4.78 is 6.34. The normalized spacial score (nSPS) is 25.9. The van der Waals surface area contributed by atoms with E-state index in [-0.39, 0.29) is 23.6 Å². The zero-order chi connectivity index (χ0) is 19.9. The van der Waals surface area contributed by atoms with Gasteiger partial charge in [-0.3, -0.25) is 14.9 Å². The minimum Gasteiger partial charge on any atom is -0.459 e. The lowest BCUT2D eigenvalue weighted by Crippen LogP contribution is -2.58. The number of hydrogen-bond donors (Lipinski definition) is 0. The van der Waals surface area contributed by atoms with Gasteiger partial charge in [-0.25, -0.2) is 9.48 Å². The molecule has 1 aromatic heterocycles. The molecule has 146 valence electrons. The summed E-state index contributed by atoms with van der Waals surface area (Å²) >= 11 is 1.54. The molecule has 1 amide bonds.